The normalized spacial score (nSPS) is 20.3. The van der Waals surface area contributed by atoms with Gasteiger partial charge >= 0.3 is 0 Å². The second kappa shape index (κ2) is 6.19. The predicted octanol–water partition coefficient (Wildman–Crippen LogP) is 1.53. The van der Waals surface area contributed by atoms with E-state index in [1.807, 2.05) is 4.90 Å². The molecule has 2 fully saturated rings. The van der Waals surface area contributed by atoms with Gasteiger partial charge in [0.1, 0.15) is 10.7 Å². The summed E-state index contributed by atoms with van der Waals surface area (Å²) in [6.07, 6.45) is 5.29. The highest BCUT2D eigenvalue weighted by Gasteiger charge is 2.27. The number of anilines is 2. The van der Waals surface area contributed by atoms with Gasteiger partial charge in [0.05, 0.1) is 0 Å². The fourth-order valence-electron chi connectivity index (χ4n) is 2.74. The van der Waals surface area contributed by atoms with Crippen molar-refractivity contribution >= 4 is 28.2 Å². The molecule has 1 saturated heterocycles. The number of hydrogen-bond donors (Lipinski definition) is 3. The summed E-state index contributed by atoms with van der Waals surface area (Å²) in [6.45, 7) is 1.58. The van der Waals surface area contributed by atoms with Crippen molar-refractivity contribution in [3.05, 3.63) is 4.88 Å². The molecule has 0 atom stereocenters. The molecule has 0 unspecified atom stereocenters. The van der Waals surface area contributed by atoms with Gasteiger partial charge in [-0.15, -0.1) is 0 Å². The zero-order valence-electron chi connectivity index (χ0n) is 12.0. The maximum absolute atomic E-state index is 12.5. The highest BCUT2D eigenvalue weighted by Crippen LogP contribution is 2.31. The van der Waals surface area contributed by atoms with Gasteiger partial charge in [-0.1, -0.05) is 11.3 Å². The van der Waals surface area contributed by atoms with Crippen molar-refractivity contribution in [1.82, 2.24) is 9.88 Å². The van der Waals surface area contributed by atoms with Gasteiger partial charge in [-0.25, -0.2) is 4.98 Å². The number of nitrogens with two attached hydrogens (primary N) is 1. The summed E-state index contributed by atoms with van der Waals surface area (Å²) < 4.78 is 0. The number of thiazole rings is 1. The topological polar surface area (TPSA) is 91.5 Å². The highest BCUT2D eigenvalue weighted by atomic mass is 32.1. The van der Waals surface area contributed by atoms with Crippen molar-refractivity contribution in [1.29, 1.82) is 0 Å². The van der Waals surface area contributed by atoms with Crippen molar-refractivity contribution in [3.8, 4) is 0 Å². The standard InChI is InChI=1S/C14H22N4O2S/c15-12-11(21-14(17-12)16-10-2-1-3-10)13(20)18-6-4-9(8-19)5-7-18/h9-10,19H,1-8,15H2,(H,16,17). The number of likely N-dealkylation sites (tertiary alicyclic amines) is 1. The molecule has 1 aliphatic carbocycles. The fourth-order valence-corrected chi connectivity index (χ4v) is 3.67. The Kier molecular flexibility index (Phi) is 4.30. The van der Waals surface area contributed by atoms with Crippen LogP contribution in [0.2, 0.25) is 0 Å². The molecular weight excluding hydrogens is 288 g/mol. The first-order valence-electron chi connectivity index (χ1n) is 7.60. The van der Waals surface area contributed by atoms with E-state index >= 15 is 0 Å². The number of aliphatic hydroxyl groups excluding tert-OH is 1. The molecule has 1 aliphatic heterocycles. The van der Waals surface area contributed by atoms with Crippen molar-refractivity contribution in [2.24, 2.45) is 5.92 Å². The number of carbonyl (C=O) groups excluding carboxylic acids is 1. The minimum Gasteiger partial charge on any atom is -0.396 e. The molecule has 7 heteroatoms. The molecule has 0 radical (unpaired) electrons. The molecule has 2 heterocycles. The summed E-state index contributed by atoms with van der Waals surface area (Å²) in [4.78, 5) is 19.2. The van der Waals surface area contributed by atoms with E-state index in [9.17, 15) is 4.79 Å². The molecule has 1 aromatic heterocycles. The molecule has 0 bridgehead atoms. The average Bonchev–Trinajstić information content (AvgIpc) is 2.83. The third-order valence-corrected chi connectivity index (χ3v) is 5.43. The van der Waals surface area contributed by atoms with E-state index in [1.54, 1.807) is 0 Å². The Morgan fingerprint density at radius 1 is 1.38 bits per heavy atom. The lowest BCUT2D eigenvalue weighted by Gasteiger charge is -2.30. The van der Waals surface area contributed by atoms with Gasteiger partial charge in [-0.05, 0) is 38.0 Å². The van der Waals surface area contributed by atoms with Gasteiger partial charge in [0, 0.05) is 25.7 Å². The second-order valence-electron chi connectivity index (χ2n) is 5.92. The van der Waals surface area contributed by atoms with Crippen molar-refractivity contribution in [2.45, 2.75) is 38.1 Å². The first-order chi connectivity index (χ1) is 10.2. The van der Waals surface area contributed by atoms with Crippen LogP contribution in [0.3, 0.4) is 0 Å². The minimum absolute atomic E-state index is 0.0250. The lowest BCUT2D eigenvalue weighted by molar-refractivity contribution is 0.0656. The molecule has 1 aromatic rings. The number of carbonyl (C=O) groups is 1. The first kappa shape index (κ1) is 14.6. The zero-order valence-corrected chi connectivity index (χ0v) is 12.9. The summed E-state index contributed by atoms with van der Waals surface area (Å²) in [6, 6.07) is 0.485. The average molecular weight is 310 g/mol. The molecule has 1 saturated carbocycles. The quantitative estimate of drug-likeness (QED) is 0.784. The summed E-state index contributed by atoms with van der Waals surface area (Å²) in [5.41, 5.74) is 5.91. The zero-order chi connectivity index (χ0) is 14.8. The van der Waals surface area contributed by atoms with Gasteiger partial charge in [0.15, 0.2) is 5.13 Å². The highest BCUT2D eigenvalue weighted by molar-refractivity contribution is 7.18. The number of nitrogens with zero attached hydrogens (tertiary/aromatic N) is 2. The molecule has 3 rings (SSSR count). The number of hydrogen-bond acceptors (Lipinski definition) is 6. The van der Waals surface area contributed by atoms with Gasteiger partial charge in [0.25, 0.3) is 5.91 Å². The van der Waals surface area contributed by atoms with Crippen LogP contribution in [0.25, 0.3) is 0 Å². The number of aromatic nitrogens is 1. The summed E-state index contributed by atoms with van der Waals surface area (Å²) in [5.74, 6) is 0.628. The molecule has 6 nitrogen and oxygen atoms in total. The Balaban J connectivity index is 1.64. The van der Waals surface area contributed by atoms with Crippen LogP contribution < -0.4 is 11.1 Å². The van der Waals surface area contributed by atoms with E-state index in [0.29, 0.717) is 35.7 Å². The second-order valence-corrected chi connectivity index (χ2v) is 6.92. The van der Waals surface area contributed by atoms with Crippen LogP contribution in [-0.4, -0.2) is 46.6 Å². The smallest absolute Gasteiger partial charge is 0.267 e. The van der Waals surface area contributed by atoms with Gasteiger partial charge in [0.2, 0.25) is 0 Å². The minimum atomic E-state index is -0.0250. The van der Waals surface area contributed by atoms with E-state index < -0.39 is 0 Å². The number of nitrogen functional groups attached to an aromatic ring is 1. The summed E-state index contributed by atoms with van der Waals surface area (Å²) >= 11 is 1.36. The molecular formula is C14H22N4O2S. The molecule has 116 valence electrons. The van der Waals surface area contributed by atoms with Crippen molar-refractivity contribution in [2.75, 3.05) is 30.7 Å². The number of aliphatic hydroxyl groups is 1. The molecule has 1 amide bonds. The third-order valence-electron chi connectivity index (χ3n) is 4.44. The Bertz CT molecular complexity index is 507. The number of piperidine rings is 1. The van der Waals surface area contributed by atoms with Gasteiger partial charge < -0.3 is 21.1 Å². The van der Waals surface area contributed by atoms with Crippen LogP contribution in [0.15, 0.2) is 0 Å². The maximum atomic E-state index is 12.5. The van der Waals surface area contributed by atoms with Gasteiger partial charge in [-0.3, -0.25) is 4.79 Å². The number of amides is 1. The monoisotopic (exact) mass is 310 g/mol. The van der Waals surface area contributed by atoms with Crippen LogP contribution in [0, 0.1) is 5.92 Å². The van der Waals surface area contributed by atoms with Crippen molar-refractivity contribution in [3.63, 3.8) is 0 Å². The van der Waals surface area contributed by atoms with Crippen LogP contribution in [0.4, 0.5) is 10.9 Å². The molecule has 0 aromatic carbocycles. The Hall–Kier alpha value is -1.34. The van der Waals surface area contributed by atoms with E-state index in [-0.39, 0.29) is 12.5 Å². The molecule has 21 heavy (non-hydrogen) atoms. The molecule has 0 spiro atoms. The first-order valence-corrected chi connectivity index (χ1v) is 8.42. The Labute approximate surface area is 128 Å². The van der Waals surface area contributed by atoms with Crippen LogP contribution in [0.5, 0.6) is 0 Å². The summed E-state index contributed by atoms with van der Waals surface area (Å²) in [7, 11) is 0. The summed E-state index contributed by atoms with van der Waals surface area (Å²) in [5, 5.41) is 13.2. The maximum Gasteiger partial charge on any atom is 0.267 e. The Morgan fingerprint density at radius 2 is 2.10 bits per heavy atom. The third kappa shape index (κ3) is 3.13. The molecule has 4 N–H and O–H groups in total. The fraction of sp³-hybridized carbons (Fsp3) is 0.714. The van der Waals surface area contributed by atoms with Gasteiger partial charge in [-0.2, -0.15) is 0 Å². The SMILES string of the molecule is Nc1nc(NC2CCC2)sc1C(=O)N1CCC(CO)CC1. The van der Waals surface area contributed by atoms with E-state index in [0.717, 1.165) is 30.8 Å². The largest absolute Gasteiger partial charge is 0.396 e. The lowest BCUT2D eigenvalue weighted by atomic mass is 9.93. The van der Waals surface area contributed by atoms with E-state index in [1.165, 1.54) is 17.8 Å². The predicted molar refractivity (Wildman–Crippen MR) is 83.5 cm³/mol. The molecule has 2 aliphatic rings. The lowest BCUT2D eigenvalue weighted by Crippen LogP contribution is -2.39. The van der Waals surface area contributed by atoms with Crippen LogP contribution >= 0.6 is 11.3 Å². The number of nitrogens with one attached hydrogen (secondary N) is 1. The van der Waals surface area contributed by atoms with Crippen LogP contribution in [-0.2, 0) is 0 Å². The van der Waals surface area contributed by atoms with Crippen molar-refractivity contribution < 1.29 is 9.90 Å². The Morgan fingerprint density at radius 3 is 2.67 bits per heavy atom. The van der Waals surface area contributed by atoms with Crippen LogP contribution in [0.1, 0.15) is 41.8 Å². The number of rotatable bonds is 4. The van der Waals surface area contributed by atoms with E-state index in [2.05, 4.69) is 10.3 Å². The van der Waals surface area contributed by atoms with E-state index in [4.69, 9.17) is 10.8 Å².